The largest absolute Gasteiger partial charge is 0.391 e. The summed E-state index contributed by atoms with van der Waals surface area (Å²) in [5.74, 6) is 0.702. The molecule has 3 aliphatic rings. The molecule has 0 aromatic carbocycles. The van der Waals surface area contributed by atoms with Crippen LogP contribution in [0.4, 0.5) is 0 Å². The van der Waals surface area contributed by atoms with Gasteiger partial charge in [-0.15, -0.1) is 0 Å². The average molecular weight is 266 g/mol. The van der Waals surface area contributed by atoms with Gasteiger partial charge in [-0.1, -0.05) is 12.8 Å². The third-order valence-corrected chi connectivity index (χ3v) is 5.24. The van der Waals surface area contributed by atoms with Crippen molar-refractivity contribution in [2.75, 3.05) is 26.2 Å². The predicted molar refractivity (Wildman–Crippen MR) is 73.8 cm³/mol. The number of hydrogen-bond donors (Lipinski definition) is 1. The molecule has 1 saturated heterocycles. The summed E-state index contributed by atoms with van der Waals surface area (Å²) in [5.41, 5.74) is 0. The first-order chi connectivity index (χ1) is 9.25. The van der Waals surface area contributed by atoms with Crippen LogP contribution in [0.2, 0.25) is 0 Å². The zero-order valence-electron chi connectivity index (χ0n) is 11.8. The van der Waals surface area contributed by atoms with Gasteiger partial charge in [-0.25, -0.2) is 0 Å². The van der Waals surface area contributed by atoms with Crippen molar-refractivity contribution >= 4 is 5.91 Å². The first-order valence-corrected chi connectivity index (χ1v) is 7.96. The number of aliphatic hydroxyl groups is 1. The highest BCUT2D eigenvalue weighted by Crippen LogP contribution is 2.28. The molecule has 108 valence electrons. The quantitative estimate of drug-likeness (QED) is 0.817. The average Bonchev–Trinajstić information content (AvgIpc) is 3.09. The lowest BCUT2D eigenvalue weighted by Crippen LogP contribution is -2.54. The van der Waals surface area contributed by atoms with Gasteiger partial charge in [0.25, 0.3) is 0 Å². The van der Waals surface area contributed by atoms with Gasteiger partial charge in [0, 0.05) is 38.1 Å². The molecule has 0 bridgehead atoms. The molecule has 19 heavy (non-hydrogen) atoms. The summed E-state index contributed by atoms with van der Waals surface area (Å²) < 4.78 is 0. The second-order valence-electron chi connectivity index (χ2n) is 6.41. The summed E-state index contributed by atoms with van der Waals surface area (Å²) in [4.78, 5) is 16.8. The maximum absolute atomic E-state index is 12.4. The van der Waals surface area contributed by atoms with Gasteiger partial charge in [0.05, 0.1) is 6.10 Å². The summed E-state index contributed by atoms with van der Waals surface area (Å²) in [7, 11) is 0. The van der Waals surface area contributed by atoms with Crippen molar-refractivity contribution in [3.63, 3.8) is 0 Å². The van der Waals surface area contributed by atoms with Gasteiger partial charge in [0.15, 0.2) is 0 Å². The van der Waals surface area contributed by atoms with Crippen LogP contribution < -0.4 is 0 Å². The Labute approximate surface area is 115 Å². The summed E-state index contributed by atoms with van der Waals surface area (Å²) >= 11 is 0. The lowest BCUT2D eigenvalue weighted by Gasteiger charge is -2.39. The molecule has 3 rings (SSSR count). The van der Waals surface area contributed by atoms with Crippen LogP contribution in [0.3, 0.4) is 0 Å². The van der Waals surface area contributed by atoms with Gasteiger partial charge < -0.3 is 10.0 Å². The van der Waals surface area contributed by atoms with Crippen LogP contribution in [0.25, 0.3) is 0 Å². The molecular weight excluding hydrogens is 240 g/mol. The molecule has 1 aliphatic heterocycles. The molecule has 4 nitrogen and oxygen atoms in total. The zero-order chi connectivity index (χ0) is 13.2. The van der Waals surface area contributed by atoms with Crippen molar-refractivity contribution in [2.24, 2.45) is 5.92 Å². The Kier molecular flexibility index (Phi) is 4.08. The predicted octanol–water partition coefficient (Wildman–Crippen LogP) is 1.23. The van der Waals surface area contributed by atoms with Crippen LogP contribution in [0.1, 0.15) is 44.9 Å². The topological polar surface area (TPSA) is 43.8 Å². The van der Waals surface area contributed by atoms with Gasteiger partial charge in [-0.05, 0) is 32.1 Å². The van der Waals surface area contributed by atoms with E-state index in [0.717, 1.165) is 58.3 Å². The van der Waals surface area contributed by atoms with Crippen molar-refractivity contribution in [3.8, 4) is 0 Å². The van der Waals surface area contributed by atoms with Crippen LogP contribution in [0.15, 0.2) is 0 Å². The highest BCUT2D eigenvalue weighted by Gasteiger charge is 2.34. The van der Waals surface area contributed by atoms with Gasteiger partial charge in [0.2, 0.25) is 5.91 Å². The molecular formula is C15H26N2O2. The van der Waals surface area contributed by atoms with E-state index in [4.69, 9.17) is 0 Å². The van der Waals surface area contributed by atoms with E-state index >= 15 is 0 Å². The molecule has 0 aromatic rings. The van der Waals surface area contributed by atoms with Gasteiger partial charge >= 0.3 is 0 Å². The molecule has 0 spiro atoms. The fraction of sp³-hybridized carbons (Fsp3) is 0.933. The smallest absolute Gasteiger partial charge is 0.225 e. The van der Waals surface area contributed by atoms with E-state index in [1.165, 1.54) is 12.8 Å². The van der Waals surface area contributed by atoms with Crippen molar-refractivity contribution < 1.29 is 9.90 Å². The molecule has 4 heteroatoms. The molecule has 2 atom stereocenters. The molecule has 3 fully saturated rings. The minimum absolute atomic E-state index is 0.142. The normalized spacial score (nSPS) is 34.1. The Morgan fingerprint density at radius 1 is 0.895 bits per heavy atom. The van der Waals surface area contributed by atoms with Gasteiger partial charge in [-0.3, -0.25) is 9.69 Å². The van der Waals surface area contributed by atoms with Crippen molar-refractivity contribution in [1.29, 1.82) is 0 Å². The number of nitrogens with zero attached hydrogens (tertiary/aromatic N) is 2. The second-order valence-corrected chi connectivity index (χ2v) is 6.41. The molecule has 2 saturated carbocycles. The Hall–Kier alpha value is -0.610. The van der Waals surface area contributed by atoms with Crippen LogP contribution in [0, 0.1) is 5.92 Å². The Balaban J connectivity index is 1.50. The molecule has 1 heterocycles. The van der Waals surface area contributed by atoms with Crippen molar-refractivity contribution in [3.05, 3.63) is 0 Å². The number of piperazine rings is 1. The summed E-state index contributed by atoms with van der Waals surface area (Å²) in [6, 6.07) is 0.351. The van der Waals surface area contributed by atoms with Crippen molar-refractivity contribution in [2.45, 2.75) is 57.1 Å². The number of amides is 1. The van der Waals surface area contributed by atoms with E-state index < -0.39 is 0 Å². The maximum Gasteiger partial charge on any atom is 0.225 e. The molecule has 1 N–H and O–H groups in total. The van der Waals surface area contributed by atoms with E-state index in [-0.39, 0.29) is 6.10 Å². The maximum atomic E-state index is 12.4. The van der Waals surface area contributed by atoms with E-state index in [1.54, 1.807) is 0 Å². The third-order valence-electron chi connectivity index (χ3n) is 5.24. The fourth-order valence-corrected chi connectivity index (χ4v) is 4.05. The van der Waals surface area contributed by atoms with Crippen LogP contribution in [-0.4, -0.2) is 59.1 Å². The fourth-order valence-electron chi connectivity index (χ4n) is 4.05. The standard InChI is InChI=1S/C15H26N2O2/c18-14-7-3-6-13(14)16-8-10-17(11-9-16)15(19)12-4-1-2-5-12/h12-14,18H,1-11H2/t13-,14-/m1/s1. The first-order valence-electron chi connectivity index (χ1n) is 7.96. The second kappa shape index (κ2) is 5.80. The van der Waals surface area contributed by atoms with E-state index in [0.29, 0.717) is 17.9 Å². The third kappa shape index (κ3) is 2.79. The van der Waals surface area contributed by atoms with Crippen molar-refractivity contribution in [1.82, 2.24) is 9.80 Å². The zero-order valence-corrected chi connectivity index (χ0v) is 11.8. The molecule has 0 aromatic heterocycles. The number of aliphatic hydroxyl groups excluding tert-OH is 1. The number of carbonyl (C=O) groups is 1. The molecule has 0 radical (unpaired) electrons. The Bertz CT molecular complexity index is 320. The Morgan fingerprint density at radius 2 is 1.58 bits per heavy atom. The minimum atomic E-state index is -0.142. The summed E-state index contributed by atoms with van der Waals surface area (Å²) in [6.45, 7) is 3.61. The highest BCUT2D eigenvalue weighted by atomic mass is 16.3. The monoisotopic (exact) mass is 266 g/mol. The minimum Gasteiger partial charge on any atom is -0.391 e. The van der Waals surface area contributed by atoms with Crippen LogP contribution in [-0.2, 0) is 4.79 Å². The van der Waals surface area contributed by atoms with Gasteiger partial charge in [0.1, 0.15) is 0 Å². The van der Waals surface area contributed by atoms with E-state index in [2.05, 4.69) is 9.80 Å². The molecule has 2 aliphatic carbocycles. The van der Waals surface area contributed by atoms with Crippen LogP contribution in [0.5, 0.6) is 0 Å². The Morgan fingerprint density at radius 3 is 2.16 bits per heavy atom. The highest BCUT2D eigenvalue weighted by molar-refractivity contribution is 5.79. The number of hydrogen-bond acceptors (Lipinski definition) is 3. The summed E-state index contributed by atoms with van der Waals surface area (Å²) in [6.07, 6.45) is 7.73. The lowest BCUT2D eigenvalue weighted by molar-refractivity contribution is -0.137. The van der Waals surface area contributed by atoms with Gasteiger partial charge in [-0.2, -0.15) is 0 Å². The van der Waals surface area contributed by atoms with E-state index in [1.807, 2.05) is 0 Å². The molecule has 1 amide bonds. The van der Waals surface area contributed by atoms with E-state index in [9.17, 15) is 9.90 Å². The number of carbonyl (C=O) groups excluding carboxylic acids is 1. The summed E-state index contributed by atoms with van der Waals surface area (Å²) in [5, 5.41) is 9.97. The SMILES string of the molecule is O=C(C1CCCC1)N1CCN([C@@H]2CCC[C@H]2O)CC1. The van der Waals surface area contributed by atoms with Crippen LogP contribution >= 0.6 is 0 Å². The number of rotatable bonds is 2. The lowest BCUT2D eigenvalue weighted by atomic mass is 10.1. The molecule has 0 unspecified atom stereocenters. The first kappa shape index (κ1) is 13.4.